The monoisotopic (exact) mass is 264 g/mol. The molecule has 1 aliphatic rings. The molecule has 1 aromatic rings. The largest absolute Gasteiger partial charge is 0.479 e. The molecule has 19 heavy (non-hydrogen) atoms. The number of aryl methyl sites for hydroxylation is 1. The van der Waals surface area contributed by atoms with Gasteiger partial charge in [-0.15, -0.1) is 0 Å². The Kier molecular flexibility index (Phi) is 4.43. The summed E-state index contributed by atoms with van der Waals surface area (Å²) in [7, 11) is 0. The Labute approximate surface area is 113 Å². The zero-order valence-corrected chi connectivity index (χ0v) is 11.4. The van der Waals surface area contributed by atoms with E-state index in [2.05, 4.69) is 0 Å². The van der Waals surface area contributed by atoms with Gasteiger partial charge in [-0.1, -0.05) is 13.0 Å². The van der Waals surface area contributed by atoms with E-state index >= 15 is 0 Å². The Morgan fingerprint density at radius 2 is 2.26 bits per heavy atom. The summed E-state index contributed by atoms with van der Waals surface area (Å²) in [5.74, 6) is 0.332. The van der Waals surface area contributed by atoms with Crippen LogP contribution in [-0.4, -0.2) is 23.8 Å². The maximum Gasteiger partial charge on any atom is 0.347 e. The van der Waals surface area contributed by atoms with Crippen LogP contribution in [0.15, 0.2) is 18.2 Å². The lowest BCUT2D eigenvalue weighted by atomic mass is 10.1. The van der Waals surface area contributed by atoms with Gasteiger partial charge in [0.15, 0.2) is 6.10 Å². The summed E-state index contributed by atoms with van der Waals surface area (Å²) >= 11 is 0. The molecular weight excluding hydrogens is 244 g/mol. The van der Waals surface area contributed by atoms with Gasteiger partial charge < -0.3 is 14.6 Å². The first-order valence-corrected chi connectivity index (χ1v) is 6.79. The molecule has 1 N–H and O–H groups in total. The Bertz CT molecular complexity index is 455. The van der Waals surface area contributed by atoms with Crippen molar-refractivity contribution in [3.63, 3.8) is 0 Å². The van der Waals surface area contributed by atoms with Gasteiger partial charge in [0.25, 0.3) is 0 Å². The molecule has 0 amide bonds. The van der Waals surface area contributed by atoms with Crippen LogP contribution in [0.3, 0.4) is 0 Å². The maximum absolute atomic E-state index is 11.7. The van der Waals surface area contributed by atoms with Crippen LogP contribution in [0, 0.1) is 0 Å². The highest BCUT2D eigenvalue weighted by Crippen LogP contribution is 2.33. The average molecular weight is 264 g/mol. The number of hydrogen-bond acceptors (Lipinski definition) is 4. The first-order valence-electron chi connectivity index (χ1n) is 6.79. The Balaban J connectivity index is 2.08. The number of ether oxygens (including phenoxy) is 2. The van der Waals surface area contributed by atoms with Gasteiger partial charge in [-0.3, -0.25) is 0 Å². The van der Waals surface area contributed by atoms with E-state index in [-0.39, 0.29) is 12.1 Å². The van der Waals surface area contributed by atoms with Crippen LogP contribution < -0.4 is 4.74 Å². The van der Waals surface area contributed by atoms with Crippen LogP contribution in [0.25, 0.3) is 0 Å². The Morgan fingerprint density at radius 1 is 1.47 bits per heavy atom. The smallest absolute Gasteiger partial charge is 0.347 e. The molecule has 0 spiro atoms. The molecule has 4 heteroatoms. The van der Waals surface area contributed by atoms with Crippen LogP contribution in [0.1, 0.15) is 43.9 Å². The van der Waals surface area contributed by atoms with Gasteiger partial charge in [0.05, 0.1) is 12.7 Å². The molecule has 0 saturated heterocycles. The number of carbonyl (C=O) groups excluding carboxylic acids is 1. The molecule has 2 atom stereocenters. The highest BCUT2D eigenvalue weighted by atomic mass is 16.6. The van der Waals surface area contributed by atoms with Gasteiger partial charge in [0, 0.05) is 0 Å². The Hall–Kier alpha value is -1.55. The first-order chi connectivity index (χ1) is 9.15. The van der Waals surface area contributed by atoms with Crippen LogP contribution in [-0.2, 0) is 16.0 Å². The lowest BCUT2D eigenvalue weighted by Gasteiger charge is -2.16. The fraction of sp³-hybridized carbons (Fsp3) is 0.533. The van der Waals surface area contributed by atoms with Gasteiger partial charge in [-0.25, -0.2) is 4.79 Å². The number of hydrogen-bond donors (Lipinski definition) is 1. The van der Waals surface area contributed by atoms with Crippen molar-refractivity contribution < 1.29 is 19.4 Å². The fourth-order valence-corrected chi connectivity index (χ4v) is 2.34. The molecule has 0 fully saturated rings. The average Bonchev–Trinajstić information content (AvgIpc) is 2.77. The molecule has 1 unspecified atom stereocenters. The summed E-state index contributed by atoms with van der Waals surface area (Å²) in [4.78, 5) is 11.7. The highest BCUT2D eigenvalue weighted by molar-refractivity contribution is 5.75. The van der Waals surface area contributed by atoms with Crippen molar-refractivity contribution in [2.24, 2.45) is 0 Å². The number of fused-ring (bicyclic) bond motifs is 1. The van der Waals surface area contributed by atoms with Crippen LogP contribution in [0.4, 0.5) is 0 Å². The number of aliphatic hydroxyl groups excluding tert-OH is 1. The summed E-state index contributed by atoms with van der Waals surface area (Å²) in [5.41, 5.74) is 2.07. The number of aliphatic hydroxyl groups is 1. The molecule has 1 aliphatic carbocycles. The van der Waals surface area contributed by atoms with E-state index in [1.165, 1.54) is 0 Å². The Morgan fingerprint density at radius 3 is 2.95 bits per heavy atom. The second-order valence-electron chi connectivity index (χ2n) is 4.68. The van der Waals surface area contributed by atoms with E-state index in [0.717, 1.165) is 24.0 Å². The third kappa shape index (κ3) is 3.07. The van der Waals surface area contributed by atoms with Crippen molar-refractivity contribution in [1.29, 1.82) is 0 Å². The van der Waals surface area contributed by atoms with Crippen molar-refractivity contribution in [1.82, 2.24) is 0 Å². The number of rotatable bonds is 5. The molecule has 0 saturated carbocycles. The lowest BCUT2D eigenvalue weighted by molar-refractivity contribution is -0.151. The van der Waals surface area contributed by atoms with E-state index in [0.29, 0.717) is 18.8 Å². The van der Waals surface area contributed by atoms with Crippen molar-refractivity contribution >= 4 is 5.97 Å². The van der Waals surface area contributed by atoms with E-state index in [1.54, 1.807) is 13.0 Å². The third-order valence-corrected chi connectivity index (χ3v) is 3.36. The molecule has 104 valence electrons. The predicted octanol–water partition coefficient (Wildman–Crippen LogP) is 2.39. The maximum atomic E-state index is 11.7. The van der Waals surface area contributed by atoms with Crippen LogP contribution in [0.2, 0.25) is 0 Å². The summed E-state index contributed by atoms with van der Waals surface area (Å²) in [6.45, 7) is 4.02. The quantitative estimate of drug-likeness (QED) is 0.830. The van der Waals surface area contributed by atoms with E-state index < -0.39 is 6.10 Å². The second kappa shape index (κ2) is 6.06. The molecule has 0 heterocycles. The SMILES string of the molecule is CCOC(=O)C(CC)Oc1ccc2c(c1)CC[C@@H]2O. The predicted molar refractivity (Wildman–Crippen MR) is 71.1 cm³/mol. The molecular formula is C15H20O4. The van der Waals surface area contributed by atoms with Gasteiger partial charge in [0.1, 0.15) is 5.75 Å². The third-order valence-electron chi connectivity index (χ3n) is 3.36. The zero-order valence-electron chi connectivity index (χ0n) is 11.4. The summed E-state index contributed by atoms with van der Waals surface area (Å²) in [6, 6.07) is 5.59. The standard InChI is InChI=1S/C15H20O4/c1-3-14(15(17)18-4-2)19-11-6-7-12-10(9-11)5-8-13(12)16/h6-7,9,13-14,16H,3-5,8H2,1-2H3/t13-,14?/m0/s1. The number of carbonyl (C=O) groups is 1. The highest BCUT2D eigenvalue weighted by Gasteiger charge is 2.23. The number of esters is 1. The zero-order chi connectivity index (χ0) is 13.8. The summed E-state index contributed by atoms with van der Waals surface area (Å²) in [5, 5.41) is 9.74. The van der Waals surface area contributed by atoms with Crippen molar-refractivity contribution in [2.75, 3.05) is 6.61 Å². The van der Waals surface area contributed by atoms with Crippen LogP contribution >= 0.6 is 0 Å². The van der Waals surface area contributed by atoms with E-state index in [4.69, 9.17) is 9.47 Å². The lowest BCUT2D eigenvalue weighted by Crippen LogP contribution is -2.28. The van der Waals surface area contributed by atoms with Crippen molar-refractivity contribution in [3.8, 4) is 5.75 Å². The minimum absolute atomic E-state index is 0.328. The fourth-order valence-electron chi connectivity index (χ4n) is 2.34. The number of benzene rings is 1. The molecule has 0 bridgehead atoms. The van der Waals surface area contributed by atoms with E-state index in [1.807, 2.05) is 19.1 Å². The summed E-state index contributed by atoms with van der Waals surface area (Å²) < 4.78 is 10.7. The molecule has 0 radical (unpaired) electrons. The van der Waals surface area contributed by atoms with Gasteiger partial charge in [0.2, 0.25) is 0 Å². The molecule has 0 aromatic heterocycles. The van der Waals surface area contributed by atoms with Crippen LogP contribution in [0.5, 0.6) is 5.75 Å². The first kappa shape index (κ1) is 13.9. The van der Waals surface area contributed by atoms with Crippen molar-refractivity contribution in [3.05, 3.63) is 29.3 Å². The normalized spacial score (nSPS) is 18.8. The van der Waals surface area contributed by atoms with E-state index in [9.17, 15) is 9.90 Å². The minimum atomic E-state index is -0.565. The van der Waals surface area contributed by atoms with Crippen molar-refractivity contribution in [2.45, 2.75) is 45.3 Å². The van der Waals surface area contributed by atoms with Gasteiger partial charge in [-0.2, -0.15) is 0 Å². The second-order valence-corrected chi connectivity index (χ2v) is 4.68. The van der Waals surface area contributed by atoms with Gasteiger partial charge >= 0.3 is 5.97 Å². The molecule has 2 rings (SSSR count). The minimum Gasteiger partial charge on any atom is -0.479 e. The molecule has 4 nitrogen and oxygen atoms in total. The molecule has 1 aromatic carbocycles. The molecule has 0 aliphatic heterocycles. The summed E-state index contributed by atoms with van der Waals surface area (Å²) in [6.07, 6.45) is 1.25. The topological polar surface area (TPSA) is 55.8 Å². The van der Waals surface area contributed by atoms with Gasteiger partial charge in [-0.05, 0) is 49.4 Å².